The number of amides is 1. The Kier molecular flexibility index (Phi) is 6.09. The molecule has 0 aromatic heterocycles. The van der Waals surface area contributed by atoms with Gasteiger partial charge in [0.25, 0.3) is 5.91 Å². The van der Waals surface area contributed by atoms with E-state index in [0.717, 1.165) is 5.75 Å². The molecule has 0 aliphatic heterocycles. The van der Waals surface area contributed by atoms with Crippen LogP contribution in [0.2, 0.25) is 0 Å². The van der Waals surface area contributed by atoms with Crippen LogP contribution in [0.15, 0.2) is 22.7 Å². The summed E-state index contributed by atoms with van der Waals surface area (Å²) >= 11 is 4.61. The Morgan fingerprint density at radius 1 is 1.59 bits per heavy atom. The molecule has 2 nitrogen and oxygen atoms in total. The largest absolute Gasteiger partial charge is 0.351 e. The van der Waals surface area contributed by atoms with E-state index in [1.165, 1.54) is 12.1 Å². The van der Waals surface area contributed by atoms with Crippen molar-refractivity contribution >= 4 is 33.6 Å². The minimum absolute atomic E-state index is 0.189. The van der Waals surface area contributed by atoms with Crippen molar-refractivity contribution in [2.24, 2.45) is 0 Å². The molecule has 0 aliphatic carbocycles. The first-order valence-corrected chi connectivity index (χ1v) is 6.85. The molecule has 1 rings (SSSR count). The van der Waals surface area contributed by atoms with E-state index in [1.807, 2.05) is 0 Å². The number of rotatable bonds is 5. The first-order chi connectivity index (χ1) is 8.16. The standard InChI is InChI=1S/C12H11BrFNOS/c1-2-7-17-8-6-15-12(16)9-4-3-5-10(14)11(9)13/h1,3-5H,6-8H2,(H,15,16). The highest BCUT2D eigenvalue weighted by molar-refractivity contribution is 9.10. The van der Waals surface area contributed by atoms with E-state index < -0.39 is 5.82 Å². The molecule has 1 aromatic rings. The molecule has 0 heterocycles. The number of nitrogens with one attached hydrogen (secondary N) is 1. The Bertz CT molecular complexity index is 445. The zero-order valence-electron chi connectivity index (χ0n) is 9.00. The van der Waals surface area contributed by atoms with Gasteiger partial charge in [0.2, 0.25) is 0 Å². The van der Waals surface area contributed by atoms with E-state index in [4.69, 9.17) is 6.42 Å². The molecule has 17 heavy (non-hydrogen) atoms. The van der Waals surface area contributed by atoms with Crippen LogP contribution in [0.1, 0.15) is 10.4 Å². The number of hydrogen-bond donors (Lipinski definition) is 1. The van der Waals surface area contributed by atoms with Gasteiger partial charge in [0, 0.05) is 12.3 Å². The van der Waals surface area contributed by atoms with Crippen molar-refractivity contribution < 1.29 is 9.18 Å². The lowest BCUT2D eigenvalue weighted by Crippen LogP contribution is -2.26. The molecule has 90 valence electrons. The summed E-state index contributed by atoms with van der Waals surface area (Å²) < 4.78 is 13.4. The topological polar surface area (TPSA) is 29.1 Å². The Balaban J connectivity index is 2.48. The Hall–Kier alpha value is -0.990. The van der Waals surface area contributed by atoms with Gasteiger partial charge in [-0.25, -0.2) is 4.39 Å². The van der Waals surface area contributed by atoms with Crippen LogP contribution >= 0.6 is 27.7 Å². The Morgan fingerprint density at radius 2 is 2.35 bits per heavy atom. The number of benzene rings is 1. The van der Waals surface area contributed by atoms with Gasteiger partial charge in [-0.2, -0.15) is 0 Å². The van der Waals surface area contributed by atoms with Gasteiger partial charge < -0.3 is 5.32 Å². The summed E-state index contributed by atoms with van der Waals surface area (Å²) in [6, 6.07) is 4.36. The average Bonchev–Trinajstić information content (AvgIpc) is 2.32. The molecule has 0 saturated carbocycles. The van der Waals surface area contributed by atoms with Gasteiger partial charge in [-0.05, 0) is 28.1 Å². The molecule has 0 spiro atoms. The fourth-order valence-electron chi connectivity index (χ4n) is 1.14. The maximum Gasteiger partial charge on any atom is 0.252 e. The first kappa shape index (κ1) is 14.1. The van der Waals surface area contributed by atoms with Crippen LogP contribution in [0, 0.1) is 18.2 Å². The van der Waals surface area contributed by atoms with Gasteiger partial charge in [0.05, 0.1) is 15.8 Å². The monoisotopic (exact) mass is 315 g/mol. The van der Waals surface area contributed by atoms with E-state index in [2.05, 4.69) is 27.2 Å². The Labute approximate surface area is 112 Å². The van der Waals surface area contributed by atoms with Crippen LogP contribution in [-0.2, 0) is 0 Å². The lowest BCUT2D eigenvalue weighted by atomic mass is 10.2. The van der Waals surface area contributed by atoms with Crippen molar-refractivity contribution in [1.82, 2.24) is 5.32 Å². The summed E-state index contributed by atoms with van der Waals surface area (Å²) in [7, 11) is 0. The van der Waals surface area contributed by atoms with E-state index >= 15 is 0 Å². The zero-order chi connectivity index (χ0) is 12.7. The number of terminal acetylenes is 1. The predicted molar refractivity (Wildman–Crippen MR) is 72.6 cm³/mol. The van der Waals surface area contributed by atoms with Crippen molar-refractivity contribution in [2.75, 3.05) is 18.1 Å². The summed E-state index contributed by atoms with van der Waals surface area (Å²) in [5, 5.41) is 2.70. The lowest BCUT2D eigenvalue weighted by Gasteiger charge is -2.06. The predicted octanol–water partition coefficient (Wildman–Crippen LogP) is 2.68. The average molecular weight is 316 g/mol. The van der Waals surface area contributed by atoms with Crippen molar-refractivity contribution in [1.29, 1.82) is 0 Å². The number of halogens is 2. The van der Waals surface area contributed by atoms with Gasteiger partial charge in [-0.1, -0.05) is 12.0 Å². The molecule has 1 amide bonds. The van der Waals surface area contributed by atoms with E-state index in [9.17, 15) is 9.18 Å². The van der Waals surface area contributed by atoms with Crippen LogP contribution in [0.5, 0.6) is 0 Å². The molecule has 0 bridgehead atoms. The lowest BCUT2D eigenvalue weighted by molar-refractivity contribution is 0.0955. The molecule has 0 unspecified atom stereocenters. The third-order valence-electron chi connectivity index (χ3n) is 1.91. The minimum atomic E-state index is -0.445. The maximum atomic E-state index is 13.2. The second-order valence-electron chi connectivity index (χ2n) is 3.11. The van der Waals surface area contributed by atoms with Crippen molar-refractivity contribution in [3.8, 4) is 12.3 Å². The highest BCUT2D eigenvalue weighted by atomic mass is 79.9. The van der Waals surface area contributed by atoms with Crippen molar-refractivity contribution in [3.05, 3.63) is 34.1 Å². The molecule has 0 aliphatic rings. The van der Waals surface area contributed by atoms with Gasteiger partial charge >= 0.3 is 0 Å². The molecule has 0 radical (unpaired) electrons. The van der Waals surface area contributed by atoms with Crippen LogP contribution in [-0.4, -0.2) is 24.0 Å². The highest BCUT2D eigenvalue weighted by Gasteiger charge is 2.11. The van der Waals surface area contributed by atoms with Gasteiger partial charge in [-0.15, -0.1) is 18.2 Å². The molecular formula is C12H11BrFNOS. The van der Waals surface area contributed by atoms with Crippen LogP contribution in [0.4, 0.5) is 4.39 Å². The quantitative estimate of drug-likeness (QED) is 0.668. The molecule has 5 heteroatoms. The number of carbonyl (C=O) groups excluding carboxylic acids is 1. The summed E-state index contributed by atoms with van der Waals surface area (Å²) in [5.74, 6) is 3.12. The fourth-order valence-corrected chi connectivity index (χ4v) is 2.10. The molecule has 1 N–H and O–H groups in total. The van der Waals surface area contributed by atoms with Crippen LogP contribution < -0.4 is 5.32 Å². The van der Waals surface area contributed by atoms with Gasteiger partial charge in [0.15, 0.2) is 0 Å². The van der Waals surface area contributed by atoms with Gasteiger partial charge in [0.1, 0.15) is 5.82 Å². The Morgan fingerprint density at radius 3 is 3.06 bits per heavy atom. The third kappa shape index (κ3) is 4.41. The number of thioether (sulfide) groups is 1. The smallest absolute Gasteiger partial charge is 0.252 e. The SMILES string of the molecule is C#CCSCCNC(=O)c1cccc(F)c1Br. The number of hydrogen-bond acceptors (Lipinski definition) is 2. The summed E-state index contributed by atoms with van der Waals surface area (Å²) in [6.07, 6.45) is 5.09. The normalized spacial score (nSPS) is 9.71. The number of carbonyl (C=O) groups is 1. The van der Waals surface area contributed by atoms with Crippen LogP contribution in [0.3, 0.4) is 0 Å². The molecular weight excluding hydrogens is 305 g/mol. The second kappa shape index (κ2) is 7.36. The molecule has 0 fully saturated rings. The summed E-state index contributed by atoms with van der Waals surface area (Å²) in [6.45, 7) is 0.508. The van der Waals surface area contributed by atoms with Crippen molar-refractivity contribution in [2.45, 2.75) is 0 Å². The molecule has 1 aromatic carbocycles. The summed E-state index contributed by atoms with van der Waals surface area (Å²) in [4.78, 5) is 11.7. The second-order valence-corrected chi connectivity index (χ2v) is 5.01. The van der Waals surface area contributed by atoms with Crippen molar-refractivity contribution in [3.63, 3.8) is 0 Å². The summed E-state index contributed by atoms with van der Waals surface area (Å²) in [5.41, 5.74) is 0.298. The van der Waals surface area contributed by atoms with E-state index in [-0.39, 0.29) is 10.4 Å². The zero-order valence-corrected chi connectivity index (χ0v) is 11.4. The van der Waals surface area contributed by atoms with Gasteiger partial charge in [-0.3, -0.25) is 4.79 Å². The molecule has 0 atom stereocenters. The van der Waals surface area contributed by atoms with Crippen LogP contribution in [0.25, 0.3) is 0 Å². The third-order valence-corrected chi connectivity index (χ3v) is 3.58. The fraction of sp³-hybridized carbons (Fsp3) is 0.250. The maximum absolute atomic E-state index is 13.2. The van der Waals surface area contributed by atoms with E-state index in [0.29, 0.717) is 17.9 Å². The minimum Gasteiger partial charge on any atom is -0.351 e. The van der Waals surface area contributed by atoms with E-state index in [1.54, 1.807) is 17.8 Å². The highest BCUT2D eigenvalue weighted by Crippen LogP contribution is 2.20. The first-order valence-electron chi connectivity index (χ1n) is 4.90. The molecule has 0 saturated heterocycles.